The first kappa shape index (κ1) is 14.4. The van der Waals surface area contributed by atoms with Crippen molar-refractivity contribution < 1.29 is 19.1 Å². The predicted molar refractivity (Wildman–Crippen MR) is 73.9 cm³/mol. The number of hydrogen-bond donors (Lipinski definition) is 2. The molecule has 0 atom stereocenters. The molecule has 0 aliphatic rings. The van der Waals surface area contributed by atoms with Gasteiger partial charge in [-0.25, -0.2) is 0 Å². The number of aromatic nitrogens is 1. The largest absolute Gasteiger partial charge is 0.497 e. The number of carbonyl (C=O) groups is 1. The van der Waals surface area contributed by atoms with Crippen LogP contribution in [0.3, 0.4) is 0 Å². The van der Waals surface area contributed by atoms with Crippen LogP contribution in [0.15, 0.2) is 28.7 Å². The number of hydrogen-bond acceptors (Lipinski definition) is 6. The lowest BCUT2D eigenvalue weighted by atomic mass is 10.2. The van der Waals surface area contributed by atoms with Gasteiger partial charge in [-0.05, 0) is 18.2 Å². The Kier molecular flexibility index (Phi) is 4.41. The average molecular weight is 287 g/mol. The zero-order valence-electron chi connectivity index (χ0n) is 11.3. The zero-order chi connectivity index (χ0) is 15.2. The van der Waals surface area contributed by atoms with E-state index >= 15 is 0 Å². The Morgan fingerprint density at radius 1 is 1.57 bits per heavy atom. The molecule has 2 aromatic rings. The highest BCUT2D eigenvalue weighted by atomic mass is 16.5. The number of aliphatic carboxylic acids is 1. The molecule has 0 radical (unpaired) electrons. The van der Waals surface area contributed by atoms with Crippen molar-refractivity contribution in [3.63, 3.8) is 0 Å². The van der Waals surface area contributed by atoms with Gasteiger partial charge in [0, 0.05) is 12.1 Å². The van der Waals surface area contributed by atoms with Gasteiger partial charge in [0.15, 0.2) is 0 Å². The highest BCUT2D eigenvalue weighted by molar-refractivity contribution is 5.67. The molecule has 1 aromatic carbocycles. The summed E-state index contributed by atoms with van der Waals surface area (Å²) >= 11 is 0. The minimum Gasteiger partial charge on any atom is -0.497 e. The van der Waals surface area contributed by atoms with Crippen LogP contribution < -0.4 is 10.1 Å². The first-order valence-electron chi connectivity index (χ1n) is 6.15. The van der Waals surface area contributed by atoms with Crippen LogP contribution in [0.25, 0.3) is 11.5 Å². The Morgan fingerprint density at radius 2 is 2.38 bits per heavy atom. The molecule has 21 heavy (non-hydrogen) atoms. The third-order valence-electron chi connectivity index (χ3n) is 2.67. The van der Waals surface area contributed by atoms with Gasteiger partial charge >= 0.3 is 5.97 Å². The summed E-state index contributed by atoms with van der Waals surface area (Å²) in [4.78, 5) is 14.6. The van der Waals surface area contributed by atoms with Gasteiger partial charge in [-0.3, -0.25) is 4.79 Å². The predicted octanol–water partition coefficient (Wildman–Crippen LogP) is 2.11. The number of nitrogens with one attached hydrogen (secondary N) is 1. The monoisotopic (exact) mass is 287 g/mol. The normalized spacial score (nSPS) is 9.90. The Morgan fingerprint density at radius 3 is 3.05 bits per heavy atom. The van der Waals surface area contributed by atoms with Crippen molar-refractivity contribution in [2.24, 2.45) is 0 Å². The second kappa shape index (κ2) is 6.43. The molecule has 0 amide bonds. The third kappa shape index (κ3) is 3.51. The number of anilines is 1. The molecule has 108 valence electrons. The molecule has 0 fully saturated rings. The van der Waals surface area contributed by atoms with Crippen LogP contribution in [0.4, 0.5) is 5.88 Å². The summed E-state index contributed by atoms with van der Waals surface area (Å²) in [5.41, 5.74) is 0.746. The smallest absolute Gasteiger partial charge is 0.305 e. The third-order valence-corrected chi connectivity index (χ3v) is 2.67. The highest BCUT2D eigenvalue weighted by Crippen LogP contribution is 2.27. The molecule has 7 nitrogen and oxygen atoms in total. The van der Waals surface area contributed by atoms with Crippen molar-refractivity contribution in [3.8, 4) is 23.3 Å². The molecule has 1 aromatic heterocycles. The van der Waals surface area contributed by atoms with Crippen molar-refractivity contribution in [1.82, 2.24) is 4.98 Å². The molecular weight excluding hydrogens is 274 g/mol. The molecule has 2 N–H and O–H groups in total. The van der Waals surface area contributed by atoms with Crippen LogP contribution in [0.5, 0.6) is 5.75 Å². The summed E-state index contributed by atoms with van der Waals surface area (Å²) in [6.07, 6.45) is -0.0833. The summed E-state index contributed by atoms with van der Waals surface area (Å²) in [6, 6.07) is 8.97. The van der Waals surface area contributed by atoms with Gasteiger partial charge in [-0.15, -0.1) is 0 Å². The van der Waals surface area contributed by atoms with Crippen LogP contribution in [-0.2, 0) is 4.79 Å². The fraction of sp³-hybridized carbons (Fsp3) is 0.214. The molecule has 0 saturated heterocycles. The topological polar surface area (TPSA) is 108 Å². The van der Waals surface area contributed by atoms with Gasteiger partial charge in [-0.2, -0.15) is 10.2 Å². The van der Waals surface area contributed by atoms with Gasteiger partial charge in [-0.1, -0.05) is 6.07 Å². The fourth-order valence-electron chi connectivity index (χ4n) is 1.68. The van der Waals surface area contributed by atoms with Gasteiger partial charge in [0.2, 0.25) is 17.5 Å². The molecule has 0 saturated carbocycles. The Bertz CT molecular complexity index is 688. The fourth-order valence-corrected chi connectivity index (χ4v) is 1.68. The number of carboxylic acid groups (broad SMARTS) is 1. The van der Waals surface area contributed by atoms with Crippen LogP contribution in [-0.4, -0.2) is 29.7 Å². The van der Waals surface area contributed by atoms with E-state index in [0.717, 1.165) is 0 Å². The van der Waals surface area contributed by atoms with E-state index in [1.54, 1.807) is 31.4 Å². The maximum Gasteiger partial charge on any atom is 0.305 e. The van der Waals surface area contributed by atoms with Crippen LogP contribution in [0.1, 0.15) is 12.1 Å². The van der Waals surface area contributed by atoms with Crippen LogP contribution >= 0.6 is 0 Å². The Hall–Kier alpha value is -3.01. The molecule has 0 spiro atoms. The van der Waals surface area contributed by atoms with E-state index in [-0.39, 0.29) is 30.4 Å². The number of nitriles is 1. The van der Waals surface area contributed by atoms with Crippen LogP contribution in [0.2, 0.25) is 0 Å². The lowest BCUT2D eigenvalue weighted by molar-refractivity contribution is -0.136. The molecule has 0 aliphatic heterocycles. The number of oxazole rings is 1. The second-order valence-electron chi connectivity index (χ2n) is 4.11. The average Bonchev–Trinajstić information content (AvgIpc) is 2.90. The molecule has 7 heteroatoms. The van der Waals surface area contributed by atoms with E-state index in [1.807, 2.05) is 6.07 Å². The summed E-state index contributed by atoms with van der Waals surface area (Å²) in [5.74, 6) is 0.137. The van der Waals surface area contributed by atoms with Gasteiger partial charge in [0.05, 0.1) is 13.5 Å². The van der Waals surface area contributed by atoms with Gasteiger partial charge < -0.3 is 19.6 Å². The maximum atomic E-state index is 10.5. The number of methoxy groups -OCH3 is 1. The maximum absolute atomic E-state index is 10.5. The molecule has 0 aliphatic carbocycles. The number of ether oxygens (including phenoxy) is 1. The molecule has 1 heterocycles. The standard InChI is InChI=1S/C14H13N3O4/c1-20-10-4-2-3-9(7-10)13-17-11(8-15)14(21-13)16-6-5-12(18)19/h2-4,7,16H,5-6H2,1H3,(H,18,19). The molecular formula is C14H13N3O4. The second-order valence-corrected chi connectivity index (χ2v) is 4.11. The summed E-state index contributed by atoms with van der Waals surface area (Å²) in [5, 5.41) is 20.4. The summed E-state index contributed by atoms with van der Waals surface area (Å²) < 4.78 is 10.6. The number of nitrogens with zero attached hydrogens (tertiary/aromatic N) is 2. The minimum absolute atomic E-state index is 0.0817. The lowest BCUT2D eigenvalue weighted by Gasteiger charge is -2.01. The van der Waals surface area contributed by atoms with E-state index in [0.29, 0.717) is 11.3 Å². The van der Waals surface area contributed by atoms with E-state index in [1.165, 1.54) is 0 Å². The van der Waals surface area contributed by atoms with Gasteiger partial charge in [0.25, 0.3) is 0 Å². The first-order valence-corrected chi connectivity index (χ1v) is 6.15. The van der Waals surface area contributed by atoms with E-state index in [9.17, 15) is 4.79 Å². The minimum atomic E-state index is -0.937. The quantitative estimate of drug-likeness (QED) is 0.837. The highest BCUT2D eigenvalue weighted by Gasteiger charge is 2.14. The van der Waals surface area contributed by atoms with Crippen molar-refractivity contribution in [3.05, 3.63) is 30.0 Å². The Labute approximate surface area is 120 Å². The van der Waals surface area contributed by atoms with Crippen molar-refractivity contribution >= 4 is 11.9 Å². The van der Waals surface area contributed by atoms with E-state index in [4.69, 9.17) is 19.5 Å². The van der Waals surface area contributed by atoms with Crippen molar-refractivity contribution in [2.75, 3.05) is 19.0 Å². The molecule has 0 bridgehead atoms. The van der Waals surface area contributed by atoms with Gasteiger partial charge in [0.1, 0.15) is 11.8 Å². The SMILES string of the molecule is COc1cccc(-c2nc(C#N)c(NCCC(=O)O)o2)c1. The van der Waals surface area contributed by atoms with Crippen LogP contribution in [0, 0.1) is 11.3 Å². The van der Waals surface area contributed by atoms with E-state index in [2.05, 4.69) is 10.3 Å². The number of benzene rings is 1. The number of carboxylic acids is 1. The van der Waals surface area contributed by atoms with Crippen molar-refractivity contribution in [1.29, 1.82) is 5.26 Å². The summed E-state index contributed by atoms with van der Waals surface area (Å²) in [6.45, 7) is 0.150. The Balaban J connectivity index is 2.23. The number of rotatable bonds is 6. The van der Waals surface area contributed by atoms with E-state index < -0.39 is 5.97 Å². The molecule has 0 unspecified atom stereocenters. The van der Waals surface area contributed by atoms with Crippen molar-refractivity contribution in [2.45, 2.75) is 6.42 Å². The zero-order valence-corrected chi connectivity index (χ0v) is 11.3. The summed E-state index contributed by atoms with van der Waals surface area (Å²) in [7, 11) is 1.55. The molecule has 2 rings (SSSR count). The lowest BCUT2D eigenvalue weighted by Crippen LogP contribution is -2.07. The first-order chi connectivity index (χ1) is 10.1.